The molecule has 200 valence electrons. The molecular weight excluding hydrogens is 506 g/mol. The minimum absolute atomic E-state index is 0.0502. The predicted octanol–water partition coefficient (Wildman–Crippen LogP) is 6.24. The molecule has 0 aliphatic carbocycles. The Morgan fingerprint density at radius 2 is 1.79 bits per heavy atom. The summed E-state index contributed by atoms with van der Waals surface area (Å²) in [4.78, 5) is 11.6. The molecule has 9 heteroatoms. The molecule has 38 heavy (non-hydrogen) atoms. The van der Waals surface area contributed by atoms with Crippen LogP contribution < -0.4 is 4.90 Å². The third kappa shape index (κ3) is 5.16. The molecule has 0 saturated carbocycles. The molecule has 1 saturated heterocycles. The van der Waals surface area contributed by atoms with Crippen LogP contribution in [0.5, 0.6) is 0 Å². The summed E-state index contributed by atoms with van der Waals surface area (Å²) >= 11 is 0. The quantitative estimate of drug-likeness (QED) is 0.266. The summed E-state index contributed by atoms with van der Waals surface area (Å²) in [6.45, 7) is 5.63. The molecule has 1 aliphatic rings. The van der Waals surface area contributed by atoms with Crippen LogP contribution in [0.15, 0.2) is 48.9 Å². The third-order valence-electron chi connectivity index (χ3n) is 7.10. The van der Waals surface area contributed by atoms with E-state index in [0.29, 0.717) is 23.0 Å². The standard InChI is InChI=1S/C29H32F2N4O2S/c1-3-14-38(36,37)19-21-8-9-24(30)29(27(21)31)35-18-23(22-15-20(4-2)16-32-17-22)28-25(35)10-11-26(33-28)34-12-6-5-7-13-34/h8-11,15-18H,3-7,12-14,19H2,1-2H3. The SMILES string of the molecule is CCCS(=O)(=O)Cc1ccc(F)c(-n2cc(-c3cncc(CC)c3)c3nc(N4CCCCC4)ccc32)c1F. The van der Waals surface area contributed by atoms with E-state index in [2.05, 4.69) is 9.88 Å². The minimum atomic E-state index is -3.52. The number of halogens is 2. The van der Waals surface area contributed by atoms with E-state index in [1.165, 1.54) is 17.1 Å². The smallest absolute Gasteiger partial charge is 0.154 e. The molecule has 0 radical (unpaired) electrons. The lowest BCUT2D eigenvalue weighted by molar-refractivity contribution is 0.560. The van der Waals surface area contributed by atoms with Gasteiger partial charge in [-0.25, -0.2) is 22.2 Å². The van der Waals surface area contributed by atoms with Gasteiger partial charge in [0.25, 0.3) is 0 Å². The van der Waals surface area contributed by atoms with Gasteiger partial charge in [0.2, 0.25) is 0 Å². The van der Waals surface area contributed by atoms with Gasteiger partial charge in [-0.2, -0.15) is 0 Å². The number of sulfone groups is 1. The van der Waals surface area contributed by atoms with Crippen molar-refractivity contribution in [1.82, 2.24) is 14.5 Å². The Morgan fingerprint density at radius 3 is 2.53 bits per heavy atom. The number of hydrogen-bond donors (Lipinski definition) is 0. The van der Waals surface area contributed by atoms with Crippen molar-refractivity contribution in [2.75, 3.05) is 23.7 Å². The van der Waals surface area contributed by atoms with Gasteiger partial charge in [-0.3, -0.25) is 4.98 Å². The maximum atomic E-state index is 15.9. The molecule has 4 heterocycles. The van der Waals surface area contributed by atoms with Crippen molar-refractivity contribution in [3.8, 4) is 16.8 Å². The summed E-state index contributed by atoms with van der Waals surface area (Å²) < 4.78 is 57.5. The molecule has 1 aliphatic heterocycles. The number of hydrogen-bond acceptors (Lipinski definition) is 5. The summed E-state index contributed by atoms with van der Waals surface area (Å²) in [5.74, 6) is -1.36. The van der Waals surface area contributed by atoms with E-state index >= 15 is 8.78 Å². The predicted molar refractivity (Wildman–Crippen MR) is 147 cm³/mol. The highest BCUT2D eigenvalue weighted by Gasteiger charge is 2.24. The van der Waals surface area contributed by atoms with E-state index in [0.717, 1.165) is 55.4 Å². The van der Waals surface area contributed by atoms with Crippen molar-refractivity contribution < 1.29 is 17.2 Å². The lowest BCUT2D eigenvalue weighted by atomic mass is 10.1. The number of rotatable bonds is 8. The highest BCUT2D eigenvalue weighted by Crippen LogP contribution is 2.35. The minimum Gasteiger partial charge on any atom is -0.357 e. The Bertz CT molecular complexity index is 1580. The van der Waals surface area contributed by atoms with Crippen LogP contribution in [0.2, 0.25) is 0 Å². The molecule has 0 unspecified atom stereocenters. The van der Waals surface area contributed by atoms with Crippen LogP contribution in [-0.4, -0.2) is 41.8 Å². The van der Waals surface area contributed by atoms with Gasteiger partial charge in [-0.05, 0) is 61.9 Å². The zero-order chi connectivity index (χ0) is 26.9. The average molecular weight is 539 g/mol. The van der Waals surface area contributed by atoms with Crippen molar-refractivity contribution in [3.05, 3.63) is 71.7 Å². The van der Waals surface area contributed by atoms with E-state index < -0.39 is 27.2 Å². The Hall–Kier alpha value is -3.33. The van der Waals surface area contributed by atoms with Crippen LogP contribution in [0, 0.1) is 11.6 Å². The molecule has 1 aromatic carbocycles. The van der Waals surface area contributed by atoms with Crippen LogP contribution in [0.1, 0.15) is 50.7 Å². The topological polar surface area (TPSA) is 68.1 Å². The fraction of sp³-hybridized carbons (Fsp3) is 0.379. The van der Waals surface area contributed by atoms with Crippen LogP contribution in [0.3, 0.4) is 0 Å². The Morgan fingerprint density at radius 1 is 1.00 bits per heavy atom. The van der Waals surface area contributed by atoms with Crippen LogP contribution in [0.25, 0.3) is 27.8 Å². The molecule has 3 aromatic heterocycles. The lowest BCUT2D eigenvalue weighted by Crippen LogP contribution is -2.30. The largest absolute Gasteiger partial charge is 0.357 e. The van der Waals surface area contributed by atoms with E-state index in [9.17, 15) is 8.42 Å². The monoisotopic (exact) mass is 538 g/mol. The molecule has 0 bridgehead atoms. The van der Waals surface area contributed by atoms with Gasteiger partial charge in [-0.15, -0.1) is 0 Å². The first-order valence-electron chi connectivity index (χ1n) is 13.2. The number of piperidine rings is 1. The van der Waals surface area contributed by atoms with Gasteiger partial charge >= 0.3 is 0 Å². The molecule has 1 fully saturated rings. The molecule has 6 nitrogen and oxygen atoms in total. The molecule has 0 atom stereocenters. The number of fused-ring (bicyclic) bond motifs is 1. The lowest BCUT2D eigenvalue weighted by Gasteiger charge is -2.27. The number of aryl methyl sites for hydroxylation is 1. The summed E-state index contributed by atoms with van der Waals surface area (Å²) in [6.07, 6.45) is 9.82. The molecule has 4 aromatic rings. The normalized spacial score (nSPS) is 14.4. The fourth-order valence-electron chi connectivity index (χ4n) is 5.15. The second kappa shape index (κ2) is 10.8. The first-order chi connectivity index (χ1) is 18.3. The maximum Gasteiger partial charge on any atom is 0.154 e. The average Bonchev–Trinajstić information content (AvgIpc) is 3.29. The zero-order valence-electron chi connectivity index (χ0n) is 21.8. The highest BCUT2D eigenvalue weighted by molar-refractivity contribution is 7.90. The van der Waals surface area contributed by atoms with E-state index in [1.807, 2.05) is 25.1 Å². The number of aromatic nitrogens is 3. The van der Waals surface area contributed by atoms with Gasteiger partial charge in [0.1, 0.15) is 17.3 Å². The molecule has 0 N–H and O–H groups in total. The maximum absolute atomic E-state index is 15.9. The van der Waals surface area contributed by atoms with Gasteiger partial charge in [0.05, 0.1) is 22.5 Å². The summed E-state index contributed by atoms with van der Waals surface area (Å²) in [5, 5.41) is 0. The van der Waals surface area contributed by atoms with E-state index in [1.54, 1.807) is 25.5 Å². The Balaban J connectivity index is 1.71. The van der Waals surface area contributed by atoms with Crippen LogP contribution in [-0.2, 0) is 22.0 Å². The van der Waals surface area contributed by atoms with Crippen molar-refractivity contribution in [2.45, 2.75) is 51.7 Å². The van der Waals surface area contributed by atoms with Crippen molar-refractivity contribution in [3.63, 3.8) is 0 Å². The van der Waals surface area contributed by atoms with E-state index in [-0.39, 0.29) is 17.0 Å². The number of benzene rings is 1. The van der Waals surface area contributed by atoms with Crippen molar-refractivity contribution in [1.29, 1.82) is 0 Å². The highest BCUT2D eigenvalue weighted by atomic mass is 32.2. The van der Waals surface area contributed by atoms with Gasteiger partial charge in [0.15, 0.2) is 15.7 Å². The van der Waals surface area contributed by atoms with Crippen LogP contribution >= 0.6 is 0 Å². The van der Waals surface area contributed by atoms with Crippen molar-refractivity contribution in [2.24, 2.45) is 0 Å². The zero-order valence-corrected chi connectivity index (χ0v) is 22.6. The number of pyridine rings is 2. The fourth-order valence-corrected chi connectivity index (χ4v) is 6.62. The number of nitrogens with zero attached hydrogens (tertiary/aromatic N) is 4. The second-order valence-corrected chi connectivity index (χ2v) is 12.1. The molecular formula is C29H32F2N4O2S. The Labute approximate surface area is 222 Å². The Kier molecular flexibility index (Phi) is 7.47. The first kappa shape index (κ1) is 26.3. The molecule has 5 rings (SSSR count). The second-order valence-electron chi connectivity index (χ2n) is 9.89. The summed E-state index contributed by atoms with van der Waals surface area (Å²) in [5.41, 5.74) is 3.35. The molecule has 0 amide bonds. The van der Waals surface area contributed by atoms with Crippen LogP contribution in [0.4, 0.5) is 14.6 Å². The van der Waals surface area contributed by atoms with Gasteiger partial charge in [-0.1, -0.05) is 19.9 Å². The summed E-state index contributed by atoms with van der Waals surface area (Å²) in [7, 11) is -3.52. The summed E-state index contributed by atoms with van der Waals surface area (Å²) in [6, 6.07) is 8.10. The number of anilines is 1. The molecule has 0 spiro atoms. The first-order valence-corrected chi connectivity index (χ1v) is 15.0. The van der Waals surface area contributed by atoms with Gasteiger partial charge < -0.3 is 9.47 Å². The van der Waals surface area contributed by atoms with Crippen molar-refractivity contribution >= 4 is 26.7 Å². The van der Waals surface area contributed by atoms with Gasteiger partial charge in [0, 0.05) is 48.4 Å². The van der Waals surface area contributed by atoms with E-state index in [4.69, 9.17) is 4.98 Å². The third-order valence-corrected chi connectivity index (χ3v) is 8.89.